The zero-order valence-corrected chi connectivity index (χ0v) is 11.6. The molecule has 1 heterocycles. The summed E-state index contributed by atoms with van der Waals surface area (Å²) in [5.41, 5.74) is 0. The fourth-order valence-electron chi connectivity index (χ4n) is 0.929. The normalized spacial score (nSPS) is 13.4. The molecule has 7 heteroatoms. The molecule has 90 valence electrons. The average Bonchev–Trinajstić information content (AvgIpc) is 2.63. The standard InChI is InChI=1S/C9H13NO3S3/c1-6-4-5-8(15-6)16(12,13)10-9(11)7(2)14-3/h4-5,7H,1-3H3,(H,10,11). The van der Waals surface area contributed by atoms with Crippen LogP contribution in [0.25, 0.3) is 0 Å². The molecule has 1 N–H and O–H groups in total. The van der Waals surface area contributed by atoms with Gasteiger partial charge in [0.15, 0.2) is 0 Å². The van der Waals surface area contributed by atoms with Crippen LogP contribution < -0.4 is 4.72 Å². The summed E-state index contributed by atoms with van der Waals surface area (Å²) in [6.45, 7) is 3.48. The monoisotopic (exact) mass is 279 g/mol. The maximum Gasteiger partial charge on any atom is 0.273 e. The second-order valence-electron chi connectivity index (χ2n) is 3.21. The molecule has 0 spiro atoms. The summed E-state index contributed by atoms with van der Waals surface area (Å²) in [5.74, 6) is -0.487. The van der Waals surface area contributed by atoms with Crippen molar-refractivity contribution in [2.24, 2.45) is 0 Å². The van der Waals surface area contributed by atoms with E-state index in [1.165, 1.54) is 17.8 Å². The first-order chi connectivity index (χ1) is 7.36. The summed E-state index contributed by atoms with van der Waals surface area (Å²) in [4.78, 5) is 12.4. The quantitative estimate of drug-likeness (QED) is 0.909. The number of carbonyl (C=O) groups is 1. The van der Waals surface area contributed by atoms with Gasteiger partial charge in [-0.2, -0.15) is 11.8 Å². The van der Waals surface area contributed by atoms with E-state index in [1.807, 2.05) is 6.92 Å². The zero-order valence-electron chi connectivity index (χ0n) is 9.18. The van der Waals surface area contributed by atoms with E-state index in [0.717, 1.165) is 16.2 Å². The zero-order chi connectivity index (χ0) is 12.3. The first kappa shape index (κ1) is 13.5. The van der Waals surface area contributed by atoms with Gasteiger partial charge in [0, 0.05) is 4.88 Å². The molecule has 1 amide bonds. The number of nitrogens with one attached hydrogen (secondary N) is 1. The first-order valence-corrected chi connectivity index (χ1v) is 8.11. The van der Waals surface area contributed by atoms with E-state index in [4.69, 9.17) is 0 Å². The van der Waals surface area contributed by atoms with Crippen LogP contribution in [0.1, 0.15) is 11.8 Å². The van der Waals surface area contributed by atoms with Gasteiger partial charge < -0.3 is 0 Å². The molecule has 0 aliphatic carbocycles. The second-order valence-corrected chi connectivity index (χ2v) is 7.59. The van der Waals surface area contributed by atoms with Crippen molar-refractivity contribution in [1.82, 2.24) is 4.72 Å². The highest BCUT2D eigenvalue weighted by atomic mass is 32.2. The minimum absolute atomic E-state index is 0.173. The lowest BCUT2D eigenvalue weighted by Gasteiger charge is -2.08. The molecule has 1 aromatic rings. The van der Waals surface area contributed by atoms with Crippen molar-refractivity contribution in [3.05, 3.63) is 17.0 Å². The van der Waals surface area contributed by atoms with Crippen molar-refractivity contribution < 1.29 is 13.2 Å². The van der Waals surface area contributed by atoms with E-state index in [0.29, 0.717) is 0 Å². The van der Waals surface area contributed by atoms with Gasteiger partial charge in [0.05, 0.1) is 5.25 Å². The average molecular weight is 279 g/mol. The number of rotatable bonds is 4. The van der Waals surface area contributed by atoms with Crippen molar-refractivity contribution >= 4 is 39.0 Å². The maximum atomic E-state index is 11.7. The Kier molecular flexibility index (Phi) is 4.40. The number of thiophene rings is 1. The van der Waals surface area contributed by atoms with Gasteiger partial charge in [-0.25, -0.2) is 13.1 Å². The fourth-order valence-corrected chi connectivity index (χ4v) is 3.61. The Hall–Kier alpha value is -0.530. The highest BCUT2D eigenvalue weighted by Crippen LogP contribution is 2.20. The molecule has 1 unspecified atom stereocenters. The molecule has 1 atom stereocenters. The highest BCUT2D eigenvalue weighted by Gasteiger charge is 2.22. The van der Waals surface area contributed by atoms with Gasteiger partial charge in [-0.1, -0.05) is 0 Å². The Morgan fingerprint density at radius 2 is 2.12 bits per heavy atom. The van der Waals surface area contributed by atoms with Crippen LogP contribution in [0.5, 0.6) is 0 Å². The summed E-state index contributed by atoms with van der Waals surface area (Å²) in [7, 11) is -3.69. The number of amides is 1. The Morgan fingerprint density at radius 1 is 1.50 bits per heavy atom. The molecule has 0 saturated carbocycles. The summed E-state index contributed by atoms with van der Waals surface area (Å²) in [6.07, 6.45) is 1.76. The topological polar surface area (TPSA) is 63.2 Å². The van der Waals surface area contributed by atoms with Crippen LogP contribution in [-0.2, 0) is 14.8 Å². The smallest absolute Gasteiger partial charge is 0.273 e. The molecular formula is C9H13NO3S3. The van der Waals surface area contributed by atoms with Gasteiger partial charge in [-0.05, 0) is 32.2 Å². The van der Waals surface area contributed by atoms with E-state index in [-0.39, 0.29) is 9.46 Å². The SMILES string of the molecule is CSC(C)C(=O)NS(=O)(=O)c1ccc(C)s1. The van der Waals surface area contributed by atoms with Gasteiger partial charge in [-0.15, -0.1) is 11.3 Å². The van der Waals surface area contributed by atoms with Crippen molar-refractivity contribution in [3.63, 3.8) is 0 Å². The molecule has 4 nitrogen and oxygen atoms in total. The molecule has 0 radical (unpaired) electrons. The molecular weight excluding hydrogens is 266 g/mol. The van der Waals surface area contributed by atoms with Crippen LogP contribution in [-0.4, -0.2) is 25.8 Å². The van der Waals surface area contributed by atoms with Gasteiger partial charge in [0.2, 0.25) is 5.91 Å². The Bertz CT molecular complexity index is 478. The summed E-state index contributed by atoms with van der Waals surface area (Å²) >= 11 is 2.45. The van der Waals surface area contributed by atoms with Gasteiger partial charge in [-0.3, -0.25) is 4.79 Å². The van der Waals surface area contributed by atoms with Crippen LogP contribution in [0.2, 0.25) is 0 Å². The number of hydrogen-bond acceptors (Lipinski definition) is 5. The molecule has 0 aromatic carbocycles. The third-order valence-electron chi connectivity index (χ3n) is 1.94. The van der Waals surface area contributed by atoms with Crippen LogP contribution in [0, 0.1) is 6.92 Å². The van der Waals surface area contributed by atoms with E-state index in [2.05, 4.69) is 4.72 Å². The number of sulfonamides is 1. The van der Waals surface area contributed by atoms with Crippen LogP contribution in [0.3, 0.4) is 0 Å². The third kappa shape index (κ3) is 3.23. The maximum absolute atomic E-state index is 11.7. The summed E-state index contributed by atoms with van der Waals surface area (Å²) in [6, 6.07) is 3.21. The number of thioether (sulfide) groups is 1. The van der Waals surface area contributed by atoms with E-state index >= 15 is 0 Å². The molecule has 0 fully saturated rings. The molecule has 0 aliphatic rings. The largest absolute Gasteiger partial charge is 0.273 e. The minimum atomic E-state index is -3.69. The Labute approximate surface area is 103 Å². The van der Waals surface area contributed by atoms with E-state index < -0.39 is 15.9 Å². The van der Waals surface area contributed by atoms with Gasteiger partial charge >= 0.3 is 0 Å². The van der Waals surface area contributed by atoms with E-state index in [9.17, 15) is 13.2 Å². The predicted octanol–water partition coefficient (Wildman–Crippen LogP) is 1.61. The van der Waals surface area contributed by atoms with Crippen molar-refractivity contribution in [3.8, 4) is 0 Å². The first-order valence-electron chi connectivity index (χ1n) is 4.52. The molecule has 0 saturated heterocycles. The summed E-state index contributed by atoms with van der Waals surface area (Å²) in [5, 5.41) is -0.379. The lowest BCUT2D eigenvalue weighted by molar-refractivity contribution is -0.118. The number of carbonyl (C=O) groups excluding carboxylic acids is 1. The Balaban J connectivity index is 2.85. The van der Waals surface area contributed by atoms with Crippen molar-refractivity contribution in [1.29, 1.82) is 0 Å². The third-order valence-corrected chi connectivity index (χ3v) is 5.70. The lowest BCUT2D eigenvalue weighted by atomic mass is 10.5. The molecule has 1 aromatic heterocycles. The number of aryl methyl sites for hydroxylation is 1. The lowest BCUT2D eigenvalue weighted by Crippen LogP contribution is -2.35. The molecule has 0 aliphatic heterocycles. The van der Waals surface area contributed by atoms with Gasteiger partial charge in [0.1, 0.15) is 4.21 Å². The van der Waals surface area contributed by atoms with Crippen molar-refractivity contribution in [2.45, 2.75) is 23.3 Å². The molecule has 1 rings (SSSR count). The van der Waals surface area contributed by atoms with Crippen LogP contribution >= 0.6 is 23.1 Å². The van der Waals surface area contributed by atoms with Crippen LogP contribution in [0.4, 0.5) is 0 Å². The fraction of sp³-hybridized carbons (Fsp3) is 0.444. The summed E-state index contributed by atoms with van der Waals surface area (Å²) < 4.78 is 25.7. The van der Waals surface area contributed by atoms with Crippen LogP contribution in [0.15, 0.2) is 16.3 Å². The second kappa shape index (κ2) is 5.20. The number of hydrogen-bond donors (Lipinski definition) is 1. The van der Waals surface area contributed by atoms with E-state index in [1.54, 1.807) is 19.2 Å². The highest BCUT2D eigenvalue weighted by molar-refractivity contribution is 8.00. The molecule has 16 heavy (non-hydrogen) atoms. The Morgan fingerprint density at radius 3 is 2.56 bits per heavy atom. The van der Waals surface area contributed by atoms with Crippen molar-refractivity contribution in [2.75, 3.05) is 6.26 Å². The molecule has 0 bridgehead atoms. The minimum Gasteiger partial charge on any atom is -0.273 e. The predicted molar refractivity (Wildman–Crippen MR) is 67.4 cm³/mol. The van der Waals surface area contributed by atoms with Gasteiger partial charge in [0.25, 0.3) is 10.0 Å².